The Labute approximate surface area is 82.0 Å². The van der Waals surface area contributed by atoms with Crippen LogP contribution in [0.1, 0.15) is 30.9 Å². The molecule has 0 radical (unpaired) electrons. The molecule has 14 heavy (non-hydrogen) atoms. The van der Waals surface area contributed by atoms with Crippen molar-refractivity contribution in [1.29, 1.82) is 0 Å². The van der Waals surface area contributed by atoms with Crippen molar-refractivity contribution in [3.63, 3.8) is 0 Å². The standard InChI is InChI=1S/C11H12N2O/c14-10-5-2-6-13-7-9(12-11(10)13)8-3-1-4-8/h2,5-8,14H,1,3-4H2. The molecular weight excluding hydrogens is 176 g/mol. The zero-order valence-electron chi connectivity index (χ0n) is 7.85. The Balaban J connectivity index is 2.15. The fourth-order valence-electron chi connectivity index (χ4n) is 1.92. The van der Waals surface area contributed by atoms with Crippen LogP contribution in [0.4, 0.5) is 0 Å². The molecular formula is C11H12N2O. The highest BCUT2D eigenvalue weighted by molar-refractivity contribution is 5.53. The number of rotatable bonds is 1. The summed E-state index contributed by atoms with van der Waals surface area (Å²) in [7, 11) is 0. The van der Waals surface area contributed by atoms with Gasteiger partial charge in [-0.3, -0.25) is 0 Å². The van der Waals surface area contributed by atoms with E-state index in [1.54, 1.807) is 6.07 Å². The highest BCUT2D eigenvalue weighted by Gasteiger charge is 2.22. The highest BCUT2D eigenvalue weighted by atomic mass is 16.3. The van der Waals surface area contributed by atoms with Gasteiger partial charge >= 0.3 is 0 Å². The van der Waals surface area contributed by atoms with Crippen LogP contribution < -0.4 is 0 Å². The summed E-state index contributed by atoms with van der Waals surface area (Å²) < 4.78 is 1.89. The third-order valence-corrected chi connectivity index (χ3v) is 3.00. The average Bonchev–Trinajstić information content (AvgIpc) is 2.46. The van der Waals surface area contributed by atoms with Gasteiger partial charge in [0.15, 0.2) is 11.4 Å². The lowest BCUT2D eigenvalue weighted by molar-refractivity contribution is 0.412. The summed E-state index contributed by atoms with van der Waals surface area (Å²) in [5, 5.41) is 9.57. The van der Waals surface area contributed by atoms with Gasteiger partial charge in [0.2, 0.25) is 0 Å². The van der Waals surface area contributed by atoms with Gasteiger partial charge < -0.3 is 9.51 Å². The molecule has 0 spiro atoms. The fraction of sp³-hybridized carbons (Fsp3) is 0.364. The van der Waals surface area contributed by atoms with Crippen molar-refractivity contribution in [2.45, 2.75) is 25.2 Å². The zero-order chi connectivity index (χ0) is 9.54. The summed E-state index contributed by atoms with van der Waals surface area (Å²) >= 11 is 0. The van der Waals surface area contributed by atoms with E-state index in [1.807, 2.05) is 22.9 Å². The first-order valence-corrected chi connectivity index (χ1v) is 5.01. The van der Waals surface area contributed by atoms with E-state index in [1.165, 1.54) is 19.3 Å². The first-order valence-electron chi connectivity index (χ1n) is 5.01. The molecule has 0 bridgehead atoms. The predicted molar refractivity (Wildman–Crippen MR) is 53.4 cm³/mol. The van der Waals surface area contributed by atoms with E-state index < -0.39 is 0 Å². The number of pyridine rings is 1. The van der Waals surface area contributed by atoms with Gasteiger partial charge in [-0.25, -0.2) is 4.98 Å². The van der Waals surface area contributed by atoms with Gasteiger partial charge in [0.1, 0.15) is 0 Å². The van der Waals surface area contributed by atoms with Crippen LogP contribution in [0.5, 0.6) is 5.75 Å². The van der Waals surface area contributed by atoms with Gasteiger partial charge in [0, 0.05) is 18.3 Å². The number of nitrogens with zero attached hydrogens (tertiary/aromatic N) is 2. The Morgan fingerprint density at radius 3 is 2.93 bits per heavy atom. The van der Waals surface area contributed by atoms with Crippen molar-refractivity contribution in [2.75, 3.05) is 0 Å². The summed E-state index contributed by atoms with van der Waals surface area (Å²) in [4.78, 5) is 4.45. The van der Waals surface area contributed by atoms with Crippen molar-refractivity contribution in [1.82, 2.24) is 9.38 Å². The maximum absolute atomic E-state index is 9.57. The van der Waals surface area contributed by atoms with Crippen molar-refractivity contribution in [2.24, 2.45) is 0 Å². The number of aromatic hydroxyl groups is 1. The van der Waals surface area contributed by atoms with Crippen LogP contribution in [0.25, 0.3) is 5.65 Å². The third-order valence-electron chi connectivity index (χ3n) is 3.00. The van der Waals surface area contributed by atoms with Crippen LogP contribution in [0, 0.1) is 0 Å². The third kappa shape index (κ3) is 1.02. The van der Waals surface area contributed by atoms with Crippen molar-refractivity contribution in [3.05, 3.63) is 30.2 Å². The van der Waals surface area contributed by atoms with Crippen LogP contribution in [0.3, 0.4) is 0 Å². The largest absolute Gasteiger partial charge is 0.504 e. The second-order valence-electron chi connectivity index (χ2n) is 3.92. The normalized spacial score (nSPS) is 17.1. The molecule has 3 rings (SSSR count). The maximum Gasteiger partial charge on any atom is 0.179 e. The fourth-order valence-corrected chi connectivity index (χ4v) is 1.92. The molecule has 0 aliphatic heterocycles. The van der Waals surface area contributed by atoms with E-state index in [0.29, 0.717) is 11.6 Å². The van der Waals surface area contributed by atoms with Gasteiger partial charge in [-0.05, 0) is 25.0 Å². The summed E-state index contributed by atoms with van der Waals surface area (Å²) in [6.45, 7) is 0. The van der Waals surface area contributed by atoms with E-state index in [9.17, 15) is 5.11 Å². The molecule has 0 unspecified atom stereocenters. The molecule has 3 heteroatoms. The van der Waals surface area contributed by atoms with Gasteiger partial charge in [0.25, 0.3) is 0 Å². The zero-order valence-corrected chi connectivity index (χ0v) is 7.85. The summed E-state index contributed by atoms with van der Waals surface area (Å²) in [5.74, 6) is 0.882. The van der Waals surface area contributed by atoms with Gasteiger partial charge in [0.05, 0.1) is 5.69 Å². The van der Waals surface area contributed by atoms with Crippen LogP contribution in [-0.2, 0) is 0 Å². The molecule has 1 N–H and O–H groups in total. The van der Waals surface area contributed by atoms with Crippen molar-refractivity contribution >= 4 is 5.65 Å². The number of fused-ring (bicyclic) bond motifs is 1. The minimum absolute atomic E-state index is 0.262. The lowest BCUT2D eigenvalue weighted by Crippen LogP contribution is -2.08. The molecule has 0 saturated heterocycles. The van der Waals surface area contributed by atoms with Crippen LogP contribution in [0.15, 0.2) is 24.5 Å². The predicted octanol–water partition coefficient (Wildman–Crippen LogP) is 2.31. The Hall–Kier alpha value is -1.51. The molecule has 0 aromatic carbocycles. The Bertz CT molecular complexity index is 471. The summed E-state index contributed by atoms with van der Waals surface area (Å²) in [6.07, 6.45) is 7.74. The van der Waals surface area contributed by atoms with Crippen LogP contribution in [-0.4, -0.2) is 14.5 Å². The molecule has 1 saturated carbocycles. The maximum atomic E-state index is 9.57. The molecule has 0 amide bonds. The topological polar surface area (TPSA) is 37.5 Å². The Morgan fingerprint density at radius 1 is 1.43 bits per heavy atom. The molecule has 3 nitrogen and oxygen atoms in total. The first kappa shape index (κ1) is 7.85. The molecule has 1 aliphatic rings. The number of imidazole rings is 1. The lowest BCUT2D eigenvalue weighted by atomic mass is 9.83. The molecule has 0 atom stereocenters. The second-order valence-corrected chi connectivity index (χ2v) is 3.92. The Kier molecular flexibility index (Phi) is 1.54. The van der Waals surface area contributed by atoms with Gasteiger partial charge in [-0.15, -0.1) is 0 Å². The molecule has 1 aliphatic carbocycles. The molecule has 1 fully saturated rings. The SMILES string of the molecule is Oc1cccn2cc(C3CCC3)nc12. The second kappa shape index (κ2) is 2.74. The van der Waals surface area contributed by atoms with E-state index in [2.05, 4.69) is 4.98 Å². The lowest BCUT2D eigenvalue weighted by Gasteiger charge is -2.22. The van der Waals surface area contributed by atoms with E-state index in [-0.39, 0.29) is 5.75 Å². The molecule has 72 valence electrons. The van der Waals surface area contributed by atoms with Crippen LogP contribution >= 0.6 is 0 Å². The summed E-state index contributed by atoms with van der Waals surface area (Å²) in [5.41, 5.74) is 1.80. The van der Waals surface area contributed by atoms with E-state index in [4.69, 9.17) is 0 Å². The number of hydrogen-bond acceptors (Lipinski definition) is 2. The molecule has 2 aromatic rings. The minimum Gasteiger partial charge on any atom is -0.504 e. The quantitative estimate of drug-likeness (QED) is 0.745. The van der Waals surface area contributed by atoms with E-state index in [0.717, 1.165) is 5.69 Å². The smallest absolute Gasteiger partial charge is 0.179 e. The van der Waals surface area contributed by atoms with Gasteiger partial charge in [-0.1, -0.05) is 6.42 Å². The monoisotopic (exact) mass is 188 g/mol. The average molecular weight is 188 g/mol. The van der Waals surface area contributed by atoms with Gasteiger partial charge in [-0.2, -0.15) is 0 Å². The first-order chi connectivity index (χ1) is 6.84. The van der Waals surface area contributed by atoms with Crippen molar-refractivity contribution in [3.8, 4) is 5.75 Å². The molecule has 2 aromatic heterocycles. The Morgan fingerprint density at radius 2 is 2.29 bits per heavy atom. The van der Waals surface area contributed by atoms with Crippen molar-refractivity contribution < 1.29 is 5.11 Å². The number of hydrogen-bond donors (Lipinski definition) is 1. The molecule has 2 heterocycles. The van der Waals surface area contributed by atoms with Crippen LogP contribution in [0.2, 0.25) is 0 Å². The minimum atomic E-state index is 0.262. The van der Waals surface area contributed by atoms with E-state index >= 15 is 0 Å². The number of aromatic nitrogens is 2. The summed E-state index contributed by atoms with van der Waals surface area (Å²) in [6, 6.07) is 3.50. The highest BCUT2D eigenvalue weighted by Crippen LogP contribution is 2.36.